The maximum absolute atomic E-state index is 13.3. The summed E-state index contributed by atoms with van der Waals surface area (Å²) in [6.07, 6.45) is -4.48. The predicted molar refractivity (Wildman–Crippen MR) is 96.6 cm³/mol. The number of guanidine groups is 1. The molecule has 0 bridgehead atoms. The van der Waals surface area contributed by atoms with Crippen LogP contribution in [-0.2, 0) is 17.5 Å². The molecule has 0 atom stereocenters. The second-order valence-electron chi connectivity index (χ2n) is 6.18. The zero-order valence-corrected chi connectivity index (χ0v) is 15.8. The van der Waals surface area contributed by atoms with Gasteiger partial charge in [-0.3, -0.25) is 4.79 Å². The van der Waals surface area contributed by atoms with Crippen molar-refractivity contribution in [2.45, 2.75) is 26.6 Å². The minimum Gasteiger partial charge on any atom is -0.497 e. The molecule has 1 aliphatic heterocycles. The van der Waals surface area contributed by atoms with Gasteiger partial charge in [0.1, 0.15) is 5.75 Å². The zero-order valence-electron chi connectivity index (χ0n) is 15.8. The molecule has 1 aliphatic rings. The summed E-state index contributed by atoms with van der Waals surface area (Å²) in [7, 11) is 1.33. The summed E-state index contributed by atoms with van der Waals surface area (Å²) in [4.78, 5) is 19.5. The van der Waals surface area contributed by atoms with Crippen LogP contribution < -0.4 is 10.1 Å². The summed E-state index contributed by atoms with van der Waals surface area (Å²) in [5.74, 6) is 0.719. The third kappa shape index (κ3) is 5.51. The number of carbonyl (C=O) groups is 1. The van der Waals surface area contributed by atoms with Crippen LogP contribution in [-0.4, -0.2) is 61.5 Å². The van der Waals surface area contributed by atoms with Crippen LogP contribution in [0.5, 0.6) is 5.75 Å². The number of hydrogen-bond donors (Lipinski definition) is 1. The van der Waals surface area contributed by atoms with E-state index in [4.69, 9.17) is 4.74 Å². The Labute approximate surface area is 157 Å². The molecule has 1 aromatic rings. The third-order valence-electron chi connectivity index (χ3n) is 4.38. The number of piperazine rings is 1. The van der Waals surface area contributed by atoms with Gasteiger partial charge in [-0.2, -0.15) is 13.2 Å². The van der Waals surface area contributed by atoms with E-state index in [0.717, 1.165) is 6.07 Å². The van der Waals surface area contributed by atoms with Gasteiger partial charge in [-0.15, -0.1) is 0 Å². The predicted octanol–water partition coefficient (Wildman–Crippen LogP) is 2.34. The van der Waals surface area contributed by atoms with Crippen molar-refractivity contribution in [3.8, 4) is 5.75 Å². The summed E-state index contributed by atoms with van der Waals surface area (Å²) in [6, 6.07) is 3.88. The average Bonchev–Trinajstić information content (AvgIpc) is 2.64. The number of carbonyl (C=O) groups excluding carboxylic acids is 1. The Kier molecular flexibility index (Phi) is 6.92. The van der Waals surface area contributed by atoms with Crippen LogP contribution in [0.4, 0.5) is 13.2 Å². The number of nitrogens with zero attached hydrogens (tertiary/aromatic N) is 3. The maximum atomic E-state index is 13.3. The highest BCUT2D eigenvalue weighted by Crippen LogP contribution is 2.34. The summed E-state index contributed by atoms with van der Waals surface area (Å²) >= 11 is 0. The van der Waals surface area contributed by atoms with Crippen molar-refractivity contribution in [1.82, 2.24) is 15.1 Å². The standard InChI is InChI=1S/C18H25F3N4O2/c1-4-22-17(25-9-7-24(8-10-25)13(2)26)23-12-14-5-6-15(27-3)11-16(14)18(19,20)21/h5-6,11H,4,7-10,12H2,1-3H3,(H,22,23). The Morgan fingerprint density at radius 3 is 2.37 bits per heavy atom. The fraction of sp³-hybridized carbons (Fsp3) is 0.556. The molecule has 0 aromatic heterocycles. The lowest BCUT2D eigenvalue weighted by atomic mass is 10.1. The highest BCUT2D eigenvalue weighted by atomic mass is 19.4. The first kappa shape index (κ1) is 20.9. The minimum atomic E-state index is -4.48. The van der Waals surface area contributed by atoms with Crippen LogP contribution in [0.2, 0.25) is 0 Å². The molecule has 0 spiro atoms. The van der Waals surface area contributed by atoms with E-state index in [0.29, 0.717) is 38.7 Å². The molecule has 1 saturated heterocycles. The van der Waals surface area contributed by atoms with Crippen LogP contribution >= 0.6 is 0 Å². The van der Waals surface area contributed by atoms with Gasteiger partial charge in [0, 0.05) is 39.6 Å². The van der Waals surface area contributed by atoms with Crippen LogP contribution in [0.25, 0.3) is 0 Å². The number of benzene rings is 1. The molecule has 0 radical (unpaired) electrons. The van der Waals surface area contributed by atoms with Crippen molar-refractivity contribution in [3.05, 3.63) is 29.3 Å². The molecule has 0 aliphatic carbocycles. The number of nitrogens with one attached hydrogen (secondary N) is 1. The molecule has 1 aromatic carbocycles. The van der Waals surface area contributed by atoms with Crippen molar-refractivity contribution in [1.29, 1.82) is 0 Å². The van der Waals surface area contributed by atoms with E-state index in [9.17, 15) is 18.0 Å². The maximum Gasteiger partial charge on any atom is 0.416 e. The lowest BCUT2D eigenvalue weighted by Crippen LogP contribution is -2.53. The first-order valence-corrected chi connectivity index (χ1v) is 8.79. The molecule has 1 fully saturated rings. The number of methoxy groups -OCH3 is 1. The second kappa shape index (κ2) is 8.96. The smallest absolute Gasteiger partial charge is 0.416 e. The number of ether oxygens (including phenoxy) is 1. The summed E-state index contributed by atoms with van der Waals surface area (Å²) < 4.78 is 44.9. The lowest BCUT2D eigenvalue weighted by Gasteiger charge is -2.36. The van der Waals surface area contributed by atoms with Gasteiger partial charge in [0.25, 0.3) is 0 Å². The van der Waals surface area contributed by atoms with Gasteiger partial charge in [0.15, 0.2) is 5.96 Å². The highest BCUT2D eigenvalue weighted by molar-refractivity contribution is 5.80. The largest absolute Gasteiger partial charge is 0.497 e. The van der Waals surface area contributed by atoms with E-state index in [1.165, 1.54) is 26.2 Å². The third-order valence-corrected chi connectivity index (χ3v) is 4.38. The van der Waals surface area contributed by atoms with E-state index in [1.807, 2.05) is 11.8 Å². The van der Waals surface area contributed by atoms with Gasteiger partial charge in [0.05, 0.1) is 19.2 Å². The molecule has 1 amide bonds. The molecule has 2 rings (SSSR count). The SMILES string of the molecule is CCNC(=NCc1ccc(OC)cc1C(F)(F)F)N1CCN(C(C)=O)CC1. The number of alkyl halides is 3. The Bertz CT molecular complexity index is 684. The van der Waals surface area contributed by atoms with Crippen LogP contribution in [0.15, 0.2) is 23.2 Å². The molecule has 0 unspecified atom stereocenters. The second-order valence-corrected chi connectivity index (χ2v) is 6.18. The molecule has 0 saturated carbocycles. The molecular formula is C18H25F3N4O2. The van der Waals surface area contributed by atoms with Gasteiger partial charge in [-0.25, -0.2) is 4.99 Å². The molecule has 6 nitrogen and oxygen atoms in total. The molecule has 1 heterocycles. The number of rotatable bonds is 4. The van der Waals surface area contributed by atoms with Gasteiger partial charge >= 0.3 is 6.18 Å². The first-order valence-electron chi connectivity index (χ1n) is 8.79. The summed E-state index contributed by atoms with van der Waals surface area (Å²) in [5.41, 5.74) is -0.663. The van der Waals surface area contributed by atoms with Crippen molar-refractivity contribution >= 4 is 11.9 Å². The van der Waals surface area contributed by atoms with E-state index in [2.05, 4.69) is 10.3 Å². The summed E-state index contributed by atoms with van der Waals surface area (Å²) in [6.45, 7) is 6.22. The van der Waals surface area contributed by atoms with E-state index in [1.54, 1.807) is 4.90 Å². The topological polar surface area (TPSA) is 57.2 Å². The Morgan fingerprint density at radius 1 is 1.22 bits per heavy atom. The number of halogens is 3. The van der Waals surface area contributed by atoms with Gasteiger partial charge in [-0.05, 0) is 24.6 Å². The molecule has 1 N–H and O–H groups in total. The Morgan fingerprint density at radius 2 is 1.85 bits per heavy atom. The first-order chi connectivity index (χ1) is 12.8. The minimum absolute atomic E-state index is 0.0182. The fourth-order valence-corrected chi connectivity index (χ4v) is 2.90. The summed E-state index contributed by atoms with van der Waals surface area (Å²) in [5, 5.41) is 3.11. The fourth-order valence-electron chi connectivity index (χ4n) is 2.90. The van der Waals surface area contributed by atoms with Gasteiger partial charge < -0.3 is 19.9 Å². The van der Waals surface area contributed by atoms with E-state index >= 15 is 0 Å². The number of amides is 1. The molecule has 150 valence electrons. The van der Waals surface area contributed by atoms with Gasteiger partial charge in [-0.1, -0.05) is 6.07 Å². The van der Waals surface area contributed by atoms with Crippen LogP contribution in [0.3, 0.4) is 0 Å². The normalized spacial score (nSPS) is 15.7. The van der Waals surface area contributed by atoms with Crippen molar-refractivity contribution in [2.24, 2.45) is 4.99 Å². The van der Waals surface area contributed by atoms with Crippen molar-refractivity contribution in [3.63, 3.8) is 0 Å². The van der Waals surface area contributed by atoms with Crippen molar-refractivity contribution in [2.75, 3.05) is 39.8 Å². The van der Waals surface area contributed by atoms with Gasteiger partial charge in [0.2, 0.25) is 5.91 Å². The molecule has 27 heavy (non-hydrogen) atoms. The number of aliphatic imine (C=N–C) groups is 1. The molecule has 9 heteroatoms. The van der Waals surface area contributed by atoms with E-state index < -0.39 is 11.7 Å². The molecular weight excluding hydrogens is 361 g/mol. The Hall–Kier alpha value is -2.45. The van der Waals surface area contributed by atoms with Crippen LogP contribution in [0.1, 0.15) is 25.0 Å². The van der Waals surface area contributed by atoms with Crippen LogP contribution in [0, 0.1) is 0 Å². The van der Waals surface area contributed by atoms with E-state index in [-0.39, 0.29) is 23.8 Å². The lowest BCUT2D eigenvalue weighted by molar-refractivity contribution is -0.138. The quantitative estimate of drug-likeness (QED) is 0.638. The monoisotopic (exact) mass is 386 g/mol. The van der Waals surface area contributed by atoms with Crippen molar-refractivity contribution < 1.29 is 22.7 Å². The zero-order chi connectivity index (χ0) is 20.0. The average molecular weight is 386 g/mol. The Balaban J connectivity index is 2.19. The highest BCUT2D eigenvalue weighted by Gasteiger charge is 2.33. The number of hydrogen-bond acceptors (Lipinski definition) is 3.